The van der Waals surface area contributed by atoms with E-state index >= 15 is 0 Å². The molecule has 1 N–H and O–H groups in total. The minimum absolute atomic E-state index is 0.0571. The highest BCUT2D eigenvalue weighted by Gasteiger charge is 2.22. The van der Waals surface area contributed by atoms with E-state index in [1.165, 1.54) is 18.0 Å². The Hall–Kier alpha value is -3.76. The number of hydrogen-bond donors (Lipinski definition) is 1. The van der Waals surface area contributed by atoms with Crippen LogP contribution < -0.4 is 5.32 Å². The van der Waals surface area contributed by atoms with Crippen LogP contribution >= 0.6 is 0 Å². The lowest BCUT2D eigenvalue weighted by Crippen LogP contribution is -2.48. The SMILES string of the molecule is N#Cc1ccccc1Nc1ncc(C(=O)N2CCN(Cc3ccccc3)CC2)cn1. The smallest absolute Gasteiger partial charge is 0.257 e. The van der Waals surface area contributed by atoms with Crippen LogP contribution in [0.1, 0.15) is 21.5 Å². The molecule has 0 radical (unpaired) electrons. The molecule has 150 valence electrons. The normalized spacial score (nSPS) is 14.2. The van der Waals surface area contributed by atoms with E-state index in [0.29, 0.717) is 35.9 Å². The Balaban J connectivity index is 1.33. The summed E-state index contributed by atoms with van der Waals surface area (Å²) < 4.78 is 0. The molecule has 1 saturated heterocycles. The number of nitrogens with one attached hydrogen (secondary N) is 1. The van der Waals surface area contributed by atoms with E-state index < -0.39 is 0 Å². The third-order valence-corrected chi connectivity index (χ3v) is 5.10. The van der Waals surface area contributed by atoms with Gasteiger partial charge < -0.3 is 10.2 Å². The Morgan fingerprint density at radius 1 is 0.967 bits per heavy atom. The number of anilines is 2. The minimum Gasteiger partial charge on any atom is -0.336 e. The third kappa shape index (κ3) is 4.62. The van der Waals surface area contributed by atoms with E-state index in [0.717, 1.165) is 19.6 Å². The minimum atomic E-state index is -0.0571. The maximum atomic E-state index is 12.8. The van der Waals surface area contributed by atoms with Crippen molar-refractivity contribution in [1.29, 1.82) is 5.26 Å². The van der Waals surface area contributed by atoms with Gasteiger partial charge in [-0.05, 0) is 17.7 Å². The Kier molecular flexibility index (Phi) is 5.97. The van der Waals surface area contributed by atoms with Crippen molar-refractivity contribution >= 4 is 17.5 Å². The van der Waals surface area contributed by atoms with Gasteiger partial charge in [-0.25, -0.2) is 9.97 Å². The Bertz CT molecular complexity index is 1040. The summed E-state index contributed by atoms with van der Waals surface area (Å²) in [7, 11) is 0. The molecule has 0 unspecified atom stereocenters. The number of benzene rings is 2. The van der Waals surface area contributed by atoms with Gasteiger partial charge in [0, 0.05) is 45.1 Å². The zero-order valence-corrected chi connectivity index (χ0v) is 16.5. The number of amides is 1. The molecule has 7 nitrogen and oxygen atoms in total. The van der Waals surface area contributed by atoms with Crippen LogP contribution in [0.3, 0.4) is 0 Å². The lowest BCUT2D eigenvalue weighted by atomic mass is 10.2. The first-order valence-electron chi connectivity index (χ1n) is 9.87. The molecule has 0 atom stereocenters. The van der Waals surface area contributed by atoms with Crippen molar-refractivity contribution < 1.29 is 4.79 Å². The van der Waals surface area contributed by atoms with Crippen molar-refractivity contribution in [3.05, 3.63) is 83.7 Å². The summed E-state index contributed by atoms with van der Waals surface area (Å²) in [5, 5.41) is 12.2. The highest BCUT2D eigenvalue weighted by Crippen LogP contribution is 2.18. The molecular formula is C23H22N6O. The van der Waals surface area contributed by atoms with Gasteiger partial charge in [0.1, 0.15) is 6.07 Å². The molecule has 30 heavy (non-hydrogen) atoms. The molecule has 3 aromatic rings. The molecule has 1 aromatic heterocycles. The lowest BCUT2D eigenvalue weighted by molar-refractivity contribution is 0.0627. The van der Waals surface area contributed by atoms with Crippen LogP contribution in [-0.4, -0.2) is 51.9 Å². The van der Waals surface area contributed by atoms with E-state index in [1.54, 1.807) is 18.2 Å². The molecule has 1 aliphatic rings. The summed E-state index contributed by atoms with van der Waals surface area (Å²) in [5.74, 6) is 0.292. The maximum Gasteiger partial charge on any atom is 0.257 e. The zero-order chi connectivity index (χ0) is 20.8. The first kappa shape index (κ1) is 19.6. The number of para-hydroxylation sites is 1. The first-order chi connectivity index (χ1) is 14.7. The molecule has 7 heteroatoms. The molecule has 2 aromatic carbocycles. The number of rotatable bonds is 5. The van der Waals surface area contributed by atoms with Crippen LogP contribution in [0.5, 0.6) is 0 Å². The zero-order valence-electron chi connectivity index (χ0n) is 16.5. The molecule has 2 heterocycles. The molecule has 0 saturated carbocycles. The molecular weight excluding hydrogens is 376 g/mol. The fraction of sp³-hybridized carbons (Fsp3) is 0.217. The van der Waals surface area contributed by atoms with Gasteiger partial charge in [-0.3, -0.25) is 9.69 Å². The van der Waals surface area contributed by atoms with Gasteiger partial charge in [0.2, 0.25) is 5.95 Å². The van der Waals surface area contributed by atoms with Gasteiger partial charge in [-0.1, -0.05) is 42.5 Å². The van der Waals surface area contributed by atoms with Crippen LogP contribution in [0, 0.1) is 11.3 Å². The van der Waals surface area contributed by atoms with Crippen molar-refractivity contribution in [3.8, 4) is 6.07 Å². The summed E-state index contributed by atoms with van der Waals surface area (Å²) in [6.07, 6.45) is 3.06. The van der Waals surface area contributed by atoms with Crippen LogP contribution in [0.15, 0.2) is 67.0 Å². The summed E-state index contributed by atoms with van der Waals surface area (Å²) in [6.45, 7) is 3.94. The highest BCUT2D eigenvalue weighted by molar-refractivity contribution is 5.93. The van der Waals surface area contributed by atoms with Crippen molar-refractivity contribution in [1.82, 2.24) is 19.8 Å². The van der Waals surface area contributed by atoms with Gasteiger partial charge >= 0.3 is 0 Å². The summed E-state index contributed by atoms with van der Waals surface area (Å²) in [5.41, 5.74) is 2.89. The summed E-state index contributed by atoms with van der Waals surface area (Å²) in [6, 6.07) is 19.6. The number of carbonyl (C=O) groups is 1. The first-order valence-corrected chi connectivity index (χ1v) is 9.87. The predicted octanol–water partition coefficient (Wildman–Crippen LogP) is 3.05. The second-order valence-electron chi connectivity index (χ2n) is 7.13. The molecule has 1 fully saturated rings. The quantitative estimate of drug-likeness (QED) is 0.711. The number of nitriles is 1. The molecule has 1 aliphatic heterocycles. The van der Waals surface area contributed by atoms with Gasteiger partial charge in [0.25, 0.3) is 5.91 Å². The fourth-order valence-electron chi connectivity index (χ4n) is 3.45. The van der Waals surface area contributed by atoms with Crippen molar-refractivity contribution in [2.24, 2.45) is 0 Å². The summed E-state index contributed by atoms with van der Waals surface area (Å²) in [4.78, 5) is 25.5. The average Bonchev–Trinajstić information content (AvgIpc) is 2.81. The van der Waals surface area contributed by atoms with E-state index in [9.17, 15) is 10.1 Å². The molecule has 0 aliphatic carbocycles. The lowest BCUT2D eigenvalue weighted by Gasteiger charge is -2.34. The second kappa shape index (κ2) is 9.16. The Labute approximate surface area is 175 Å². The average molecular weight is 398 g/mol. The number of nitrogens with zero attached hydrogens (tertiary/aromatic N) is 5. The van der Waals surface area contributed by atoms with Crippen LogP contribution in [0.25, 0.3) is 0 Å². The predicted molar refractivity (Wildman–Crippen MR) is 114 cm³/mol. The largest absolute Gasteiger partial charge is 0.336 e. The number of piperazine rings is 1. The van der Waals surface area contributed by atoms with E-state index in [4.69, 9.17) is 0 Å². The van der Waals surface area contributed by atoms with E-state index in [1.807, 2.05) is 29.2 Å². The topological polar surface area (TPSA) is 85.1 Å². The van der Waals surface area contributed by atoms with Gasteiger partial charge in [-0.15, -0.1) is 0 Å². The van der Waals surface area contributed by atoms with Gasteiger partial charge in [0.15, 0.2) is 0 Å². The second-order valence-corrected chi connectivity index (χ2v) is 7.13. The van der Waals surface area contributed by atoms with Gasteiger partial charge in [0.05, 0.1) is 16.8 Å². The van der Waals surface area contributed by atoms with Crippen LogP contribution in [0.2, 0.25) is 0 Å². The Morgan fingerprint density at radius 3 is 2.33 bits per heavy atom. The molecule has 1 amide bonds. The molecule has 0 spiro atoms. The third-order valence-electron chi connectivity index (χ3n) is 5.10. The number of hydrogen-bond acceptors (Lipinski definition) is 6. The number of carbonyl (C=O) groups excluding carboxylic acids is 1. The Morgan fingerprint density at radius 2 is 1.63 bits per heavy atom. The molecule has 0 bridgehead atoms. The molecule has 4 rings (SSSR count). The van der Waals surface area contributed by atoms with Crippen LogP contribution in [0.4, 0.5) is 11.6 Å². The van der Waals surface area contributed by atoms with Crippen molar-refractivity contribution in [3.63, 3.8) is 0 Å². The monoisotopic (exact) mass is 398 g/mol. The highest BCUT2D eigenvalue weighted by atomic mass is 16.2. The standard InChI is InChI=1S/C23H22N6O/c24-14-19-8-4-5-9-21(19)27-23-25-15-20(16-26-23)22(30)29-12-10-28(11-13-29)17-18-6-2-1-3-7-18/h1-9,15-16H,10-13,17H2,(H,25,26,27). The van der Waals surface area contributed by atoms with Gasteiger partial charge in [-0.2, -0.15) is 5.26 Å². The van der Waals surface area contributed by atoms with Crippen molar-refractivity contribution in [2.75, 3.05) is 31.5 Å². The fourth-order valence-corrected chi connectivity index (χ4v) is 3.45. The van der Waals surface area contributed by atoms with E-state index in [-0.39, 0.29) is 5.91 Å². The summed E-state index contributed by atoms with van der Waals surface area (Å²) >= 11 is 0. The van der Waals surface area contributed by atoms with E-state index in [2.05, 4.69) is 38.4 Å². The van der Waals surface area contributed by atoms with Crippen molar-refractivity contribution in [2.45, 2.75) is 6.54 Å². The maximum absolute atomic E-state index is 12.8. The number of aromatic nitrogens is 2. The van der Waals surface area contributed by atoms with Crippen LogP contribution in [-0.2, 0) is 6.54 Å².